The van der Waals surface area contributed by atoms with E-state index < -0.39 is 0 Å². The van der Waals surface area contributed by atoms with Gasteiger partial charge in [-0.15, -0.1) is 0 Å². The molecule has 0 fully saturated rings. The summed E-state index contributed by atoms with van der Waals surface area (Å²) >= 11 is 0. The van der Waals surface area contributed by atoms with E-state index in [2.05, 4.69) is 40.8 Å². The van der Waals surface area contributed by atoms with Crippen LogP contribution >= 0.6 is 0 Å². The number of amides is 2. The summed E-state index contributed by atoms with van der Waals surface area (Å²) in [6.45, 7) is 3.01. The summed E-state index contributed by atoms with van der Waals surface area (Å²) < 4.78 is 5.02. The Balaban J connectivity index is 1.62. The van der Waals surface area contributed by atoms with E-state index in [1.165, 1.54) is 16.7 Å². The van der Waals surface area contributed by atoms with Gasteiger partial charge in [0.25, 0.3) is 0 Å². The molecule has 0 saturated heterocycles. The largest absolute Gasteiger partial charge is 0.360 e. The second kappa shape index (κ2) is 6.43. The minimum absolute atomic E-state index is 0.163. The number of carbonyl (C=O) groups is 1. The number of aryl methyl sites for hydroxylation is 1. The van der Waals surface area contributed by atoms with Gasteiger partial charge in [-0.3, -0.25) is 5.32 Å². The molecule has 5 nitrogen and oxygen atoms in total. The van der Waals surface area contributed by atoms with Crippen LogP contribution in [0.4, 0.5) is 10.6 Å². The molecule has 5 heteroatoms. The van der Waals surface area contributed by atoms with Crippen molar-refractivity contribution in [2.45, 2.75) is 19.4 Å². The van der Waals surface area contributed by atoms with Gasteiger partial charge in [0.1, 0.15) is 5.76 Å². The Kier molecular flexibility index (Phi) is 3.98. The van der Waals surface area contributed by atoms with E-state index in [0.717, 1.165) is 0 Å². The predicted octanol–water partition coefficient (Wildman–Crippen LogP) is 4.16. The number of anilines is 1. The van der Waals surface area contributed by atoms with Crippen LogP contribution in [0.1, 0.15) is 28.4 Å². The van der Waals surface area contributed by atoms with Crippen LogP contribution in [0.25, 0.3) is 0 Å². The van der Waals surface area contributed by atoms with Gasteiger partial charge in [0.15, 0.2) is 5.82 Å². The zero-order valence-corrected chi connectivity index (χ0v) is 14.0. The SMILES string of the molecule is Cc1cc(NC(=O)N2Cc3ccccc3C(c3ccccc3)C2)no1. The van der Waals surface area contributed by atoms with Crippen LogP contribution in [0.5, 0.6) is 0 Å². The highest BCUT2D eigenvalue weighted by Crippen LogP contribution is 2.33. The Hall–Kier alpha value is -3.08. The summed E-state index contributed by atoms with van der Waals surface area (Å²) in [5.74, 6) is 1.27. The number of hydrogen-bond donors (Lipinski definition) is 1. The van der Waals surface area contributed by atoms with Crippen molar-refractivity contribution >= 4 is 11.8 Å². The molecule has 1 N–H and O–H groups in total. The highest BCUT2D eigenvalue weighted by atomic mass is 16.5. The number of aromatic nitrogens is 1. The average molecular weight is 333 g/mol. The van der Waals surface area contributed by atoms with Crippen molar-refractivity contribution in [3.63, 3.8) is 0 Å². The summed E-state index contributed by atoms with van der Waals surface area (Å²) in [5.41, 5.74) is 3.67. The van der Waals surface area contributed by atoms with E-state index >= 15 is 0 Å². The van der Waals surface area contributed by atoms with Crippen LogP contribution in [0.15, 0.2) is 65.2 Å². The molecule has 0 bridgehead atoms. The maximum absolute atomic E-state index is 12.7. The minimum Gasteiger partial charge on any atom is -0.360 e. The molecule has 1 atom stereocenters. The Labute approximate surface area is 146 Å². The van der Waals surface area contributed by atoms with Crippen molar-refractivity contribution in [1.82, 2.24) is 10.1 Å². The Morgan fingerprint density at radius 2 is 1.92 bits per heavy atom. The van der Waals surface area contributed by atoms with E-state index in [0.29, 0.717) is 24.7 Å². The predicted molar refractivity (Wildman–Crippen MR) is 95.4 cm³/mol. The van der Waals surface area contributed by atoms with Gasteiger partial charge in [-0.1, -0.05) is 59.8 Å². The van der Waals surface area contributed by atoms with Gasteiger partial charge in [-0.05, 0) is 23.6 Å². The molecular weight excluding hydrogens is 314 g/mol. The maximum Gasteiger partial charge on any atom is 0.323 e. The molecule has 25 heavy (non-hydrogen) atoms. The number of urea groups is 1. The fraction of sp³-hybridized carbons (Fsp3) is 0.200. The Bertz CT molecular complexity index is 889. The summed E-state index contributed by atoms with van der Waals surface area (Å²) in [4.78, 5) is 14.5. The maximum atomic E-state index is 12.7. The van der Waals surface area contributed by atoms with Crippen molar-refractivity contribution in [3.8, 4) is 0 Å². The van der Waals surface area contributed by atoms with Crippen molar-refractivity contribution in [2.75, 3.05) is 11.9 Å². The number of fused-ring (bicyclic) bond motifs is 1. The molecular formula is C20H19N3O2. The van der Waals surface area contributed by atoms with E-state index in [1.54, 1.807) is 13.0 Å². The lowest BCUT2D eigenvalue weighted by Crippen LogP contribution is -2.41. The quantitative estimate of drug-likeness (QED) is 0.766. The molecule has 1 unspecified atom stereocenters. The molecule has 0 saturated carbocycles. The van der Waals surface area contributed by atoms with Gasteiger partial charge in [-0.2, -0.15) is 0 Å². The van der Waals surface area contributed by atoms with Crippen molar-refractivity contribution in [3.05, 3.63) is 83.1 Å². The number of benzene rings is 2. The molecule has 1 aliphatic heterocycles. The first-order valence-corrected chi connectivity index (χ1v) is 8.33. The lowest BCUT2D eigenvalue weighted by atomic mass is 9.85. The summed E-state index contributed by atoms with van der Waals surface area (Å²) in [6.07, 6.45) is 0. The van der Waals surface area contributed by atoms with Crippen LogP contribution < -0.4 is 5.32 Å². The molecule has 0 radical (unpaired) electrons. The first kappa shape index (κ1) is 15.4. The van der Waals surface area contributed by atoms with E-state index in [9.17, 15) is 4.79 Å². The second-order valence-electron chi connectivity index (χ2n) is 6.30. The third-order valence-corrected chi connectivity index (χ3v) is 4.55. The van der Waals surface area contributed by atoms with Crippen LogP contribution in [0.3, 0.4) is 0 Å². The van der Waals surface area contributed by atoms with Crippen molar-refractivity contribution < 1.29 is 9.32 Å². The van der Waals surface area contributed by atoms with Crippen LogP contribution in [0, 0.1) is 6.92 Å². The third kappa shape index (κ3) is 3.13. The lowest BCUT2D eigenvalue weighted by molar-refractivity contribution is 0.202. The summed E-state index contributed by atoms with van der Waals surface area (Å²) in [7, 11) is 0. The molecule has 3 aromatic rings. The van der Waals surface area contributed by atoms with E-state index in [1.807, 2.05) is 29.2 Å². The minimum atomic E-state index is -0.163. The van der Waals surface area contributed by atoms with Crippen LogP contribution in [-0.2, 0) is 6.54 Å². The molecule has 2 amide bonds. The number of carbonyl (C=O) groups excluding carboxylic acids is 1. The highest BCUT2D eigenvalue weighted by molar-refractivity contribution is 5.88. The third-order valence-electron chi connectivity index (χ3n) is 4.55. The monoisotopic (exact) mass is 333 g/mol. The van der Waals surface area contributed by atoms with Crippen molar-refractivity contribution in [2.24, 2.45) is 0 Å². The molecule has 2 aromatic carbocycles. The highest BCUT2D eigenvalue weighted by Gasteiger charge is 2.29. The summed E-state index contributed by atoms with van der Waals surface area (Å²) in [5, 5.41) is 6.66. The van der Waals surface area contributed by atoms with Crippen LogP contribution in [-0.4, -0.2) is 22.6 Å². The molecule has 1 aliphatic rings. The zero-order chi connectivity index (χ0) is 17.2. The zero-order valence-electron chi connectivity index (χ0n) is 14.0. The fourth-order valence-corrected chi connectivity index (χ4v) is 3.35. The molecule has 2 heterocycles. The Morgan fingerprint density at radius 1 is 1.16 bits per heavy atom. The normalized spacial score (nSPS) is 16.4. The first-order valence-electron chi connectivity index (χ1n) is 8.33. The van der Waals surface area contributed by atoms with Crippen molar-refractivity contribution in [1.29, 1.82) is 0 Å². The molecule has 0 spiro atoms. The molecule has 1 aromatic heterocycles. The Morgan fingerprint density at radius 3 is 2.68 bits per heavy atom. The fourth-order valence-electron chi connectivity index (χ4n) is 3.35. The van der Waals surface area contributed by atoms with Crippen LogP contribution in [0.2, 0.25) is 0 Å². The molecule has 4 rings (SSSR count). The van der Waals surface area contributed by atoms with Gasteiger partial charge < -0.3 is 9.42 Å². The second-order valence-corrected chi connectivity index (χ2v) is 6.30. The smallest absolute Gasteiger partial charge is 0.323 e. The van der Waals surface area contributed by atoms with Gasteiger partial charge in [0.2, 0.25) is 0 Å². The molecule has 126 valence electrons. The first-order chi connectivity index (χ1) is 12.2. The van der Waals surface area contributed by atoms with E-state index in [-0.39, 0.29) is 11.9 Å². The molecule has 0 aliphatic carbocycles. The van der Waals surface area contributed by atoms with E-state index in [4.69, 9.17) is 4.52 Å². The van der Waals surface area contributed by atoms with Gasteiger partial charge in [-0.25, -0.2) is 4.79 Å². The lowest BCUT2D eigenvalue weighted by Gasteiger charge is -2.34. The number of rotatable bonds is 2. The number of hydrogen-bond acceptors (Lipinski definition) is 3. The standard InChI is InChI=1S/C20H19N3O2/c1-14-11-19(22-25-14)21-20(24)23-12-16-9-5-6-10-17(16)18(13-23)15-7-3-2-4-8-15/h2-11,18H,12-13H2,1H3,(H,21,22,24). The van der Waals surface area contributed by atoms with Gasteiger partial charge >= 0.3 is 6.03 Å². The summed E-state index contributed by atoms with van der Waals surface area (Å²) in [6, 6.07) is 20.2. The van der Waals surface area contributed by atoms with Gasteiger partial charge in [0.05, 0.1) is 0 Å². The average Bonchev–Trinajstić information content (AvgIpc) is 3.06. The number of nitrogens with zero attached hydrogens (tertiary/aromatic N) is 2. The topological polar surface area (TPSA) is 58.4 Å². The van der Waals surface area contributed by atoms with Gasteiger partial charge in [0, 0.05) is 25.1 Å². The number of nitrogens with one attached hydrogen (secondary N) is 1.